The molecule has 1 N–H and O–H groups in total. The summed E-state index contributed by atoms with van der Waals surface area (Å²) in [5.41, 5.74) is 1.35. The lowest BCUT2D eigenvalue weighted by atomic mass is 10.2. The molecule has 1 aromatic carbocycles. The van der Waals surface area contributed by atoms with Gasteiger partial charge in [-0.25, -0.2) is 0 Å². The molecule has 2 rings (SSSR count). The van der Waals surface area contributed by atoms with Gasteiger partial charge in [-0.05, 0) is 19.2 Å². The van der Waals surface area contributed by atoms with E-state index in [2.05, 4.69) is 28.2 Å². The first-order valence-electron chi connectivity index (χ1n) is 6.54. The van der Waals surface area contributed by atoms with E-state index in [0.29, 0.717) is 10.6 Å². The van der Waals surface area contributed by atoms with Crippen molar-refractivity contribution in [2.75, 3.05) is 51.6 Å². The lowest BCUT2D eigenvalue weighted by Gasteiger charge is -2.32. The molecule has 0 spiro atoms. The van der Waals surface area contributed by atoms with Gasteiger partial charge in [-0.2, -0.15) is 5.26 Å². The fourth-order valence-electron chi connectivity index (χ4n) is 2.21. The predicted octanol–water partition coefficient (Wildman–Crippen LogP) is 1.87. The van der Waals surface area contributed by atoms with E-state index in [9.17, 15) is 0 Å². The van der Waals surface area contributed by atoms with Crippen LogP contribution in [0.3, 0.4) is 0 Å². The molecule has 19 heavy (non-hydrogen) atoms. The van der Waals surface area contributed by atoms with Crippen molar-refractivity contribution in [3.05, 3.63) is 28.8 Å². The van der Waals surface area contributed by atoms with Gasteiger partial charge in [0.05, 0.1) is 16.3 Å². The Morgan fingerprint density at radius 2 is 2.05 bits per heavy atom. The Kier molecular flexibility index (Phi) is 5.03. The summed E-state index contributed by atoms with van der Waals surface area (Å²) in [5, 5.41) is 12.9. The van der Waals surface area contributed by atoms with Crippen LogP contribution in [0.5, 0.6) is 0 Å². The number of nitrogens with zero attached hydrogens (tertiary/aromatic N) is 3. The van der Waals surface area contributed by atoms with Crippen molar-refractivity contribution in [1.82, 2.24) is 9.80 Å². The second-order valence-electron chi connectivity index (χ2n) is 4.85. The number of halogens is 1. The van der Waals surface area contributed by atoms with E-state index in [1.165, 1.54) is 0 Å². The molecule has 0 aromatic heterocycles. The van der Waals surface area contributed by atoms with Crippen LogP contribution < -0.4 is 5.32 Å². The van der Waals surface area contributed by atoms with Gasteiger partial charge in [0.2, 0.25) is 0 Å². The Bertz CT molecular complexity index is 461. The van der Waals surface area contributed by atoms with Gasteiger partial charge in [-0.15, -0.1) is 0 Å². The molecule has 1 aromatic rings. The molecular weight excluding hydrogens is 260 g/mol. The van der Waals surface area contributed by atoms with Gasteiger partial charge < -0.3 is 10.2 Å². The Labute approximate surface area is 119 Å². The van der Waals surface area contributed by atoms with Gasteiger partial charge in [-0.1, -0.05) is 17.7 Å². The quantitative estimate of drug-likeness (QED) is 0.913. The monoisotopic (exact) mass is 278 g/mol. The summed E-state index contributed by atoms with van der Waals surface area (Å²) in [7, 11) is 2.15. The normalized spacial score (nSPS) is 17.1. The molecule has 5 heteroatoms. The largest absolute Gasteiger partial charge is 0.383 e. The number of anilines is 1. The maximum Gasteiger partial charge on any atom is 0.103 e. The summed E-state index contributed by atoms with van der Waals surface area (Å²) in [4.78, 5) is 4.78. The number of rotatable bonds is 4. The minimum Gasteiger partial charge on any atom is -0.383 e. The highest BCUT2D eigenvalue weighted by molar-refractivity contribution is 6.32. The third-order valence-electron chi connectivity index (χ3n) is 3.46. The van der Waals surface area contributed by atoms with E-state index in [4.69, 9.17) is 16.9 Å². The van der Waals surface area contributed by atoms with E-state index in [-0.39, 0.29) is 0 Å². The number of benzene rings is 1. The lowest BCUT2D eigenvalue weighted by Crippen LogP contribution is -2.45. The van der Waals surface area contributed by atoms with Crippen LogP contribution in [0.2, 0.25) is 5.02 Å². The molecule has 0 atom stereocenters. The Hall–Kier alpha value is -1.28. The third kappa shape index (κ3) is 3.84. The van der Waals surface area contributed by atoms with Crippen molar-refractivity contribution in [3.8, 4) is 6.07 Å². The van der Waals surface area contributed by atoms with Crippen molar-refractivity contribution in [2.24, 2.45) is 0 Å². The molecule has 0 amide bonds. The molecule has 1 aliphatic heterocycles. The first-order valence-corrected chi connectivity index (χ1v) is 6.92. The summed E-state index contributed by atoms with van der Waals surface area (Å²) >= 11 is 5.99. The number of hydrogen-bond acceptors (Lipinski definition) is 4. The van der Waals surface area contributed by atoms with Crippen molar-refractivity contribution in [2.45, 2.75) is 0 Å². The van der Waals surface area contributed by atoms with Gasteiger partial charge in [0.15, 0.2) is 0 Å². The van der Waals surface area contributed by atoms with Crippen LogP contribution in [0, 0.1) is 11.3 Å². The highest BCUT2D eigenvalue weighted by Crippen LogP contribution is 2.22. The molecular formula is C14H19ClN4. The molecule has 1 fully saturated rings. The molecule has 4 nitrogen and oxygen atoms in total. The molecule has 0 aliphatic carbocycles. The Balaban J connectivity index is 1.83. The highest BCUT2D eigenvalue weighted by Gasteiger charge is 2.13. The third-order valence-corrected chi connectivity index (χ3v) is 3.78. The van der Waals surface area contributed by atoms with Crippen LogP contribution in [-0.4, -0.2) is 56.1 Å². The van der Waals surface area contributed by atoms with E-state index in [1.54, 1.807) is 6.07 Å². The number of nitrogens with one attached hydrogen (secondary N) is 1. The van der Waals surface area contributed by atoms with Gasteiger partial charge in [0, 0.05) is 39.3 Å². The van der Waals surface area contributed by atoms with Crippen LogP contribution in [0.1, 0.15) is 5.56 Å². The summed E-state index contributed by atoms with van der Waals surface area (Å²) in [6, 6.07) is 7.64. The fraction of sp³-hybridized carbons (Fsp3) is 0.500. The Morgan fingerprint density at radius 1 is 1.32 bits per heavy atom. The minimum absolute atomic E-state index is 0.507. The van der Waals surface area contributed by atoms with E-state index < -0.39 is 0 Å². The van der Waals surface area contributed by atoms with Crippen molar-refractivity contribution in [1.29, 1.82) is 5.26 Å². The molecule has 0 radical (unpaired) electrons. The zero-order valence-corrected chi connectivity index (χ0v) is 12.0. The summed E-state index contributed by atoms with van der Waals surface area (Å²) in [6.07, 6.45) is 0. The van der Waals surface area contributed by atoms with Crippen LogP contribution >= 0.6 is 11.6 Å². The van der Waals surface area contributed by atoms with Crippen LogP contribution in [0.4, 0.5) is 5.69 Å². The van der Waals surface area contributed by atoms with E-state index in [0.717, 1.165) is 45.0 Å². The molecule has 102 valence electrons. The summed E-state index contributed by atoms with van der Waals surface area (Å²) in [5.74, 6) is 0. The summed E-state index contributed by atoms with van der Waals surface area (Å²) in [6.45, 7) is 6.29. The molecule has 1 heterocycles. The van der Waals surface area contributed by atoms with Crippen LogP contribution in [0.25, 0.3) is 0 Å². The lowest BCUT2D eigenvalue weighted by molar-refractivity contribution is 0.158. The van der Waals surface area contributed by atoms with Crippen LogP contribution in [-0.2, 0) is 0 Å². The first-order chi connectivity index (χ1) is 9.20. The van der Waals surface area contributed by atoms with Crippen molar-refractivity contribution < 1.29 is 0 Å². The standard InChI is InChI=1S/C14H19ClN4/c1-18-7-9-19(10-8-18)6-5-17-14-4-2-3-13(15)12(14)11-16/h2-4,17H,5-10H2,1H3. The Morgan fingerprint density at radius 3 is 2.74 bits per heavy atom. The van der Waals surface area contributed by atoms with Gasteiger partial charge in [-0.3, -0.25) is 4.90 Å². The second-order valence-corrected chi connectivity index (χ2v) is 5.25. The second kappa shape index (κ2) is 6.76. The predicted molar refractivity (Wildman–Crippen MR) is 78.6 cm³/mol. The van der Waals surface area contributed by atoms with E-state index >= 15 is 0 Å². The fourth-order valence-corrected chi connectivity index (χ4v) is 2.42. The number of hydrogen-bond donors (Lipinski definition) is 1. The van der Waals surface area contributed by atoms with Gasteiger partial charge in [0.25, 0.3) is 0 Å². The minimum atomic E-state index is 0.507. The number of nitriles is 1. The molecule has 0 bridgehead atoms. The molecule has 0 unspecified atom stereocenters. The number of piperazine rings is 1. The average Bonchev–Trinajstić information content (AvgIpc) is 2.41. The van der Waals surface area contributed by atoms with Crippen LogP contribution in [0.15, 0.2) is 18.2 Å². The maximum atomic E-state index is 9.09. The summed E-state index contributed by atoms with van der Waals surface area (Å²) < 4.78 is 0. The zero-order valence-electron chi connectivity index (χ0n) is 11.2. The topological polar surface area (TPSA) is 42.3 Å². The van der Waals surface area contributed by atoms with E-state index in [1.807, 2.05) is 12.1 Å². The highest BCUT2D eigenvalue weighted by atomic mass is 35.5. The average molecular weight is 279 g/mol. The molecule has 1 saturated heterocycles. The molecule has 0 saturated carbocycles. The molecule has 1 aliphatic rings. The van der Waals surface area contributed by atoms with Gasteiger partial charge >= 0.3 is 0 Å². The zero-order chi connectivity index (χ0) is 13.7. The van der Waals surface area contributed by atoms with Crippen molar-refractivity contribution in [3.63, 3.8) is 0 Å². The smallest absolute Gasteiger partial charge is 0.103 e. The van der Waals surface area contributed by atoms with Gasteiger partial charge in [0.1, 0.15) is 6.07 Å². The first kappa shape index (κ1) is 14.1. The van der Waals surface area contributed by atoms with Crippen molar-refractivity contribution >= 4 is 17.3 Å². The number of likely N-dealkylation sites (N-methyl/N-ethyl adjacent to an activating group) is 1. The maximum absolute atomic E-state index is 9.09. The SMILES string of the molecule is CN1CCN(CCNc2cccc(Cl)c2C#N)CC1.